The van der Waals surface area contributed by atoms with Crippen molar-refractivity contribution < 1.29 is 0 Å². The van der Waals surface area contributed by atoms with Crippen molar-refractivity contribution in [3.63, 3.8) is 0 Å². The predicted molar refractivity (Wildman–Crippen MR) is 69.6 cm³/mol. The standard InChI is InChI=1S/C14H20N2/c1-10(9-15)6-12-4-5-14-13(8-12)7-11(2)16(14)3/h4-5,7-8,10H,6,9,15H2,1-3H3. The van der Waals surface area contributed by atoms with Gasteiger partial charge in [-0.3, -0.25) is 0 Å². The molecule has 2 heteroatoms. The van der Waals surface area contributed by atoms with E-state index in [-0.39, 0.29) is 0 Å². The molecular weight excluding hydrogens is 196 g/mol. The first-order chi connectivity index (χ1) is 7.61. The molecule has 1 aromatic carbocycles. The molecule has 0 spiro atoms. The van der Waals surface area contributed by atoms with E-state index in [4.69, 9.17) is 5.73 Å². The molecule has 0 saturated carbocycles. The van der Waals surface area contributed by atoms with Gasteiger partial charge in [0.15, 0.2) is 0 Å². The van der Waals surface area contributed by atoms with Crippen LogP contribution < -0.4 is 5.73 Å². The number of benzene rings is 1. The highest BCUT2D eigenvalue weighted by atomic mass is 14.9. The maximum Gasteiger partial charge on any atom is 0.0479 e. The van der Waals surface area contributed by atoms with Crippen molar-refractivity contribution >= 4 is 10.9 Å². The average Bonchev–Trinajstić information content (AvgIpc) is 2.54. The van der Waals surface area contributed by atoms with Crippen molar-refractivity contribution in [2.45, 2.75) is 20.3 Å². The van der Waals surface area contributed by atoms with Crippen LogP contribution >= 0.6 is 0 Å². The molecule has 16 heavy (non-hydrogen) atoms. The highest BCUT2D eigenvalue weighted by Gasteiger charge is 2.05. The van der Waals surface area contributed by atoms with Crippen molar-refractivity contribution in [2.75, 3.05) is 6.54 Å². The minimum atomic E-state index is 0.558. The minimum absolute atomic E-state index is 0.558. The van der Waals surface area contributed by atoms with Gasteiger partial charge in [-0.1, -0.05) is 13.0 Å². The summed E-state index contributed by atoms with van der Waals surface area (Å²) in [4.78, 5) is 0. The molecule has 2 N–H and O–H groups in total. The maximum atomic E-state index is 5.66. The molecule has 0 radical (unpaired) electrons. The van der Waals surface area contributed by atoms with Crippen molar-refractivity contribution in [1.82, 2.24) is 4.57 Å². The molecule has 0 aliphatic rings. The Hall–Kier alpha value is -1.28. The van der Waals surface area contributed by atoms with Gasteiger partial charge in [-0.05, 0) is 49.6 Å². The summed E-state index contributed by atoms with van der Waals surface area (Å²) in [7, 11) is 2.11. The molecule has 2 aromatic rings. The summed E-state index contributed by atoms with van der Waals surface area (Å²) in [5.41, 5.74) is 9.65. The Labute approximate surface area is 97.1 Å². The SMILES string of the molecule is Cc1cc2cc(CC(C)CN)ccc2n1C. The molecule has 0 aliphatic heterocycles. The maximum absolute atomic E-state index is 5.66. The smallest absolute Gasteiger partial charge is 0.0479 e. The Balaban J connectivity index is 2.37. The molecule has 1 heterocycles. The Kier molecular flexibility index (Phi) is 3.01. The van der Waals surface area contributed by atoms with E-state index in [1.807, 2.05) is 0 Å². The van der Waals surface area contributed by atoms with Gasteiger partial charge in [0.1, 0.15) is 0 Å². The highest BCUT2D eigenvalue weighted by molar-refractivity contribution is 5.82. The van der Waals surface area contributed by atoms with Gasteiger partial charge in [0.2, 0.25) is 0 Å². The molecule has 1 aromatic heterocycles. The van der Waals surface area contributed by atoms with E-state index < -0.39 is 0 Å². The zero-order valence-corrected chi connectivity index (χ0v) is 10.3. The minimum Gasteiger partial charge on any atom is -0.348 e. The summed E-state index contributed by atoms with van der Waals surface area (Å²) >= 11 is 0. The number of aryl methyl sites for hydroxylation is 2. The van der Waals surface area contributed by atoms with Crippen molar-refractivity contribution in [1.29, 1.82) is 0 Å². The normalized spacial score (nSPS) is 13.2. The fourth-order valence-electron chi connectivity index (χ4n) is 2.15. The number of nitrogens with two attached hydrogens (primary N) is 1. The summed E-state index contributed by atoms with van der Waals surface area (Å²) < 4.78 is 2.23. The summed E-state index contributed by atoms with van der Waals surface area (Å²) in [5, 5.41) is 1.33. The second-order valence-electron chi connectivity index (χ2n) is 4.78. The van der Waals surface area contributed by atoms with E-state index >= 15 is 0 Å². The van der Waals surface area contributed by atoms with Crippen LogP contribution in [-0.2, 0) is 13.5 Å². The third-order valence-corrected chi connectivity index (χ3v) is 3.33. The quantitative estimate of drug-likeness (QED) is 0.840. The van der Waals surface area contributed by atoms with Gasteiger partial charge in [-0.25, -0.2) is 0 Å². The highest BCUT2D eigenvalue weighted by Crippen LogP contribution is 2.21. The first-order valence-electron chi connectivity index (χ1n) is 5.87. The second kappa shape index (κ2) is 4.30. The second-order valence-corrected chi connectivity index (χ2v) is 4.78. The molecule has 1 unspecified atom stereocenters. The van der Waals surface area contributed by atoms with Crippen LogP contribution in [0.15, 0.2) is 24.3 Å². The van der Waals surface area contributed by atoms with Crippen LogP contribution in [0.2, 0.25) is 0 Å². The first-order valence-corrected chi connectivity index (χ1v) is 5.87. The van der Waals surface area contributed by atoms with E-state index in [2.05, 4.69) is 49.7 Å². The fraction of sp³-hybridized carbons (Fsp3) is 0.429. The van der Waals surface area contributed by atoms with E-state index in [1.165, 1.54) is 22.2 Å². The zero-order valence-electron chi connectivity index (χ0n) is 10.3. The van der Waals surface area contributed by atoms with E-state index in [0.29, 0.717) is 5.92 Å². The predicted octanol–water partition coefficient (Wildman–Crippen LogP) is 2.62. The van der Waals surface area contributed by atoms with Crippen molar-refractivity contribution in [2.24, 2.45) is 18.7 Å². The number of hydrogen-bond acceptors (Lipinski definition) is 1. The zero-order chi connectivity index (χ0) is 11.7. The van der Waals surface area contributed by atoms with Crippen LogP contribution in [0.25, 0.3) is 10.9 Å². The van der Waals surface area contributed by atoms with Gasteiger partial charge in [0.25, 0.3) is 0 Å². The van der Waals surface area contributed by atoms with Crippen molar-refractivity contribution in [3.05, 3.63) is 35.5 Å². The van der Waals surface area contributed by atoms with Crippen LogP contribution in [0.5, 0.6) is 0 Å². The number of fused-ring (bicyclic) bond motifs is 1. The molecule has 2 nitrogen and oxygen atoms in total. The van der Waals surface area contributed by atoms with Gasteiger partial charge in [-0.2, -0.15) is 0 Å². The third kappa shape index (κ3) is 1.98. The lowest BCUT2D eigenvalue weighted by Crippen LogP contribution is -2.12. The topological polar surface area (TPSA) is 30.9 Å². The number of hydrogen-bond donors (Lipinski definition) is 1. The average molecular weight is 216 g/mol. The van der Waals surface area contributed by atoms with Gasteiger partial charge >= 0.3 is 0 Å². The van der Waals surface area contributed by atoms with Gasteiger partial charge in [0.05, 0.1) is 0 Å². The monoisotopic (exact) mass is 216 g/mol. The molecule has 2 rings (SSSR count). The summed E-state index contributed by atoms with van der Waals surface area (Å²) in [6, 6.07) is 8.95. The van der Waals surface area contributed by atoms with Crippen LogP contribution in [-0.4, -0.2) is 11.1 Å². The summed E-state index contributed by atoms with van der Waals surface area (Å²) in [6.45, 7) is 5.09. The number of nitrogens with zero attached hydrogens (tertiary/aromatic N) is 1. The van der Waals surface area contributed by atoms with E-state index in [0.717, 1.165) is 13.0 Å². The molecule has 1 atom stereocenters. The van der Waals surface area contributed by atoms with Crippen LogP contribution in [0.4, 0.5) is 0 Å². The largest absolute Gasteiger partial charge is 0.348 e. The van der Waals surface area contributed by atoms with Crippen LogP contribution in [0, 0.1) is 12.8 Å². The molecule has 0 amide bonds. The van der Waals surface area contributed by atoms with Crippen LogP contribution in [0.1, 0.15) is 18.2 Å². The lowest BCUT2D eigenvalue weighted by molar-refractivity contribution is 0.593. The molecule has 0 aliphatic carbocycles. The first kappa shape index (κ1) is 11.2. The number of aromatic nitrogens is 1. The van der Waals surface area contributed by atoms with Gasteiger partial charge in [0, 0.05) is 23.6 Å². The van der Waals surface area contributed by atoms with Crippen LogP contribution in [0.3, 0.4) is 0 Å². The van der Waals surface area contributed by atoms with Gasteiger partial charge < -0.3 is 10.3 Å². The number of rotatable bonds is 3. The van der Waals surface area contributed by atoms with Crippen molar-refractivity contribution in [3.8, 4) is 0 Å². The van der Waals surface area contributed by atoms with Gasteiger partial charge in [-0.15, -0.1) is 0 Å². The van der Waals surface area contributed by atoms with E-state index in [1.54, 1.807) is 0 Å². The third-order valence-electron chi connectivity index (χ3n) is 3.33. The fourth-order valence-corrected chi connectivity index (χ4v) is 2.15. The summed E-state index contributed by atoms with van der Waals surface area (Å²) in [5.74, 6) is 0.558. The van der Waals surface area contributed by atoms with E-state index in [9.17, 15) is 0 Å². The Bertz CT molecular complexity index is 497. The molecule has 86 valence electrons. The Morgan fingerprint density at radius 1 is 1.31 bits per heavy atom. The molecule has 0 bridgehead atoms. The lowest BCUT2D eigenvalue weighted by Gasteiger charge is -2.08. The molecule has 0 saturated heterocycles. The lowest BCUT2D eigenvalue weighted by atomic mass is 10.0. The molecule has 0 fully saturated rings. The Morgan fingerprint density at radius 2 is 2.06 bits per heavy atom. The Morgan fingerprint density at radius 3 is 2.75 bits per heavy atom. The molecular formula is C14H20N2. The summed E-state index contributed by atoms with van der Waals surface area (Å²) in [6.07, 6.45) is 1.07.